The Hall–Kier alpha value is -0.610. The van der Waals surface area contributed by atoms with Crippen LogP contribution in [0.25, 0.3) is 0 Å². The first-order valence-electron chi connectivity index (χ1n) is 7.51. The molecular weight excluding hydrogens is 226 g/mol. The van der Waals surface area contributed by atoms with E-state index in [4.69, 9.17) is 5.73 Å². The molecule has 0 heterocycles. The van der Waals surface area contributed by atoms with Crippen molar-refractivity contribution in [3.05, 3.63) is 0 Å². The van der Waals surface area contributed by atoms with E-state index in [2.05, 4.69) is 18.9 Å². The quantitative estimate of drug-likeness (QED) is 0.709. The van der Waals surface area contributed by atoms with Gasteiger partial charge in [-0.2, -0.15) is 0 Å². The van der Waals surface area contributed by atoms with Gasteiger partial charge in [0.05, 0.1) is 0 Å². The number of hydrogen-bond acceptors (Lipinski definition) is 3. The van der Waals surface area contributed by atoms with Crippen LogP contribution in [-0.4, -0.2) is 41.6 Å². The molecule has 0 atom stereocenters. The average molecular weight is 255 g/mol. The second-order valence-electron chi connectivity index (χ2n) is 5.10. The number of carbonyl (C=O) groups is 1. The zero-order valence-electron chi connectivity index (χ0n) is 12.0. The van der Waals surface area contributed by atoms with Crippen LogP contribution in [0.2, 0.25) is 0 Å². The zero-order valence-corrected chi connectivity index (χ0v) is 12.0. The third-order valence-electron chi connectivity index (χ3n) is 3.71. The lowest BCUT2D eigenvalue weighted by Gasteiger charge is -2.41. The Labute approximate surface area is 111 Å². The molecule has 4 heteroatoms. The zero-order chi connectivity index (χ0) is 13.4. The van der Waals surface area contributed by atoms with E-state index in [0.29, 0.717) is 19.0 Å². The molecule has 0 spiro atoms. The summed E-state index contributed by atoms with van der Waals surface area (Å²) >= 11 is 0. The summed E-state index contributed by atoms with van der Waals surface area (Å²) in [5.74, 6) is 0.187. The van der Waals surface area contributed by atoms with Crippen LogP contribution in [-0.2, 0) is 4.79 Å². The van der Waals surface area contributed by atoms with Crippen molar-refractivity contribution in [2.24, 2.45) is 5.73 Å². The highest BCUT2D eigenvalue weighted by molar-refractivity contribution is 5.75. The lowest BCUT2D eigenvalue weighted by atomic mass is 9.95. The van der Waals surface area contributed by atoms with Gasteiger partial charge >= 0.3 is 0 Å². The standard InChI is InChI=1S/C14H29N3O/c1-3-12-17(14(18)10-11-15)16(4-2)13-8-6-5-7-9-13/h13H,3-12,15H2,1-2H3. The molecule has 1 aliphatic rings. The number of hydrazine groups is 1. The van der Waals surface area contributed by atoms with Gasteiger partial charge in [-0.3, -0.25) is 9.80 Å². The summed E-state index contributed by atoms with van der Waals surface area (Å²) in [4.78, 5) is 12.2. The molecule has 1 fully saturated rings. The van der Waals surface area contributed by atoms with Crippen molar-refractivity contribution in [3.8, 4) is 0 Å². The van der Waals surface area contributed by atoms with Gasteiger partial charge in [-0.15, -0.1) is 0 Å². The molecule has 0 aromatic rings. The van der Waals surface area contributed by atoms with Crippen molar-refractivity contribution >= 4 is 5.91 Å². The van der Waals surface area contributed by atoms with Crippen LogP contribution >= 0.6 is 0 Å². The summed E-state index contributed by atoms with van der Waals surface area (Å²) < 4.78 is 0. The summed E-state index contributed by atoms with van der Waals surface area (Å²) in [6.45, 7) is 6.45. The Morgan fingerprint density at radius 3 is 2.39 bits per heavy atom. The fourth-order valence-corrected chi connectivity index (χ4v) is 2.87. The highest BCUT2D eigenvalue weighted by atomic mass is 16.2. The summed E-state index contributed by atoms with van der Waals surface area (Å²) in [7, 11) is 0. The monoisotopic (exact) mass is 255 g/mol. The lowest BCUT2D eigenvalue weighted by molar-refractivity contribution is -0.155. The third-order valence-corrected chi connectivity index (χ3v) is 3.71. The van der Waals surface area contributed by atoms with E-state index in [0.717, 1.165) is 19.5 Å². The summed E-state index contributed by atoms with van der Waals surface area (Å²) in [5.41, 5.74) is 5.52. The maximum Gasteiger partial charge on any atom is 0.238 e. The molecular formula is C14H29N3O. The van der Waals surface area contributed by atoms with E-state index >= 15 is 0 Å². The van der Waals surface area contributed by atoms with Gasteiger partial charge in [-0.1, -0.05) is 33.1 Å². The van der Waals surface area contributed by atoms with Gasteiger partial charge in [-0.05, 0) is 19.3 Å². The smallest absolute Gasteiger partial charge is 0.238 e. The molecule has 0 aromatic heterocycles. The van der Waals surface area contributed by atoms with E-state index in [-0.39, 0.29) is 5.91 Å². The molecule has 0 bridgehead atoms. The van der Waals surface area contributed by atoms with Gasteiger partial charge in [0.1, 0.15) is 0 Å². The fourth-order valence-electron chi connectivity index (χ4n) is 2.87. The molecule has 18 heavy (non-hydrogen) atoms. The van der Waals surface area contributed by atoms with Crippen LogP contribution in [0, 0.1) is 0 Å². The van der Waals surface area contributed by atoms with Crippen molar-refractivity contribution in [1.82, 2.24) is 10.0 Å². The number of carbonyl (C=O) groups excluding carboxylic acids is 1. The first-order valence-corrected chi connectivity index (χ1v) is 7.51. The van der Waals surface area contributed by atoms with Crippen LogP contribution in [0.3, 0.4) is 0 Å². The highest BCUT2D eigenvalue weighted by Crippen LogP contribution is 2.24. The van der Waals surface area contributed by atoms with Gasteiger partial charge in [0.25, 0.3) is 0 Å². The molecule has 1 amide bonds. The minimum absolute atomic E-state index is 0.187. The third kappa shape index (κ3) is 4.25. The molecule has 0 radical (unpaired) electrons. The molecule has 106 valence electrons. The second kappa shape index (κ2) is 8.48. The predicted molar refractivity (Wildman–Crippen MR) is 74.9 cm³/mol. The van der Waals surface area contributed by atoms with Gasteiger partial charge in [-0.25, -0.2) is 5.01 Å². The van der Waals surface area contributed by atoms with Gasteiger partial charge in [0, 0.05) is 32.1 Å². The lowest BCUT2D eigenvalue weighted by Crippen LogP contribution is -2.52. The summed E-state index contributed by atoms with van der Waals surface area (Å²) in [5, 5.41) is 4.25. The van der Waals surface area contributed by atoms with Crippen molar-refractivity contribution in [2.75, 3.05) is 19.6 Å². The minimum atomic E-state index is 0.187. The highest BCUT2D eigenvalue weighted by Gasteiger charge is 2.27. The first-order chi connectivity index (χ1) is 8.74. The number of amides is 1. The van der Waals surface area contributed by atoms with Crippen LogP contribution in [0.5, 0.6) is 0 Å². The number of hydrogen-bond donors (Lipinski definition) is 1. The molecule has 1 aliphatic carbocycles. The Kier molecular flexibility index (Phi) is 7.28. The Balaban J connectivity index is 2.68. The topological polar surface area (TPSA) is 49.6 Å². The normalized spacial score (nSPS) is 17.1. The van der Waals surface area contributed by atoms with Gasteiger partial charge in [0.15, 0.2) is 0 Å². The van der Waals surface area contributed by atoms with Crippen molar-refractivity contribution in [2.45, 2.75) is 64.8 Å². The van der Waals surface area contributed by atoms with Gasteiger partial charge in [0.2, 0.25) is 5.91 Å². The van der Waals surface area contributed by atoms with Gasteiger partial charge < -0.3 is 5.73 Å². The van der Waals surface area contributed by atoms with Crippen molar-refractivity contribution < 1.29 is 4.79 Å². The molecule has 0 saturated heterocycles. The van der Waals surface area contributed by atoms with E-state index in [1.165, 1.54) is 32.1 Å². The van der Waals surface area contributed by atoms with Crippen molar-refractivity contribution in [3.63, 3.8) is 0 Å². The van der Waals surface area contributed by atoms with Crippen LogP contribution in [0.4, 0.5) is 0 Å². The molecule has 1 rings (SSSR count). The van der Waals surface area contributed by atoms with E-state index in [1.54, 1.807) is 0 Å². The van der Waals surface area contributed by atoms with E-state index < -0.39 is 0 Å². The predicted octanol–water partition coefficient (Wildman–Crippen LogP) is 2.14. The van der Waals surface area contributed by atoms with Crippen LogP contribution < -0.4 is 5.73 Å². The van der Waals surface area contributed by atoms with Crippen LogP contribution in [0.15, 0.2) is 0 Å². The number of rotatable bonds is 7. The van der Waals surface area contributed by atoms with E-state index in [1.807, 2.05) is 5.01 Å². The Morgan fingerprint density at radius 1 is 1.22 bits per heavy atom. The average Bonchev–Trinajstić information content (AvgIpc) is 2.40. The number of nitrogens with zero attached hydrogens (tertiary/aromatic N) is 2. The molecule has 4 nitrogen and oxygen atoms in total. The maximum absolute atomic E-state index is 12.2. The second-order valence-corrected chi connectivity index (χ2v) is 5.10. The molecule has 2 N–H and O–H groups in total. The maximum atomic E-state index is 12.2. The first kappa shape index (κ1) is 15.4. The fraction of sp³-hybridized carbons (Fsp3) is 0.929. The SMILES string of the molecule is CCCN(C(=O)CCN)N(CC)C1CCCCC1. The summed E-state index contributed by atoms with van der Waals surface area (Å²) in [6, 6.07) is 0.553. The van der Waals surface area contributed by atoms with E-state index in [9.17, 15) is 4.79 Å². The number of nitrogens with two attached hydrogens (primary N) is 1. The Morgan fingerprint density at radius 2 is 1.89 bits per heavy atom. The summed E-state index contributed by atoms with van der Waals surface area (Å²) in [6.07, 6.45) is 7.85. The van der Waals surface area contributed by atoms with Crippen LogP contribution in [0.1, 0.15) is 58.8 Å². The van der Waals surface area contributed by atoms with Crippen molar-refractivity contribution in [1.29, 1.82) is 0 Å². The Bertz CT molecular complexity index is 239. The minimum Gasteiger partial charge on any atom is -0.330 e. The molecule has 1 saturated carbocycles. The largest absolute Gasteiger partial charge is 0.330 e. The molecule has 0 aliphatic heterocycles. The molecule has 0 unspecified atom stereocenters. The molecule has 0 aromatic carbocycles.